The van der Waals surface area contributed by atoms with Gasteiger partial charge >= 0.3 is 6.09 Å². The molecular weight excluding hydrogens is 190 g/mol. The molecule has 0 saturated carbocycles. The van der Waals surface area contributed by atoms with Crippen molar-refractivity contribution in [1.29, 1.82) is 0 Å². The summed E-state index contributed by atoms with van der Waals surface area (Å²) in [5.74, 6) is 0. The molecule has 1 atom stereocenters. The molecular formula is C12H25NO2. The maximum atomic E-state index is 11.6. The number of alkyl carbamates (subject to hydrolysis) is 1. The first-order valence-corrected chi connectivity index (χ1v) is 5.73. The first-order chi connectivity index (χ1) is 6.72. The van der Waals surface area contributed by atoms with E-state index in [1.807, 2.05) is 20.8 Å². The summed E-state index contributed by atoms with van der Waals surface area (Å²) in [6.07, 6.45) is 2.63. The average Bonchev–Trinajstić information content (AvgIpc) is 2.00. The van der Waals surface area contributed by atoms with E-state index >= 15 is 0 Å². The third kappa shape index (κ3) is 6.37. The van der Waals surface area contributed by atoms with Crippen LogP contribution in [0, 0.1) is 0 Å². The normalized spacial score (nSPS) is 15.6. The van der Waals surface area contributed by atoms with Crippen molar-refractivity contribution in [3.63, 3.8) is 0 Å². The summed E-state index contributed by atoms with van der Waals surface area (Å²) in [6.45, 7) is 11.9. The molecule has 0 spiro atoms. The highest BCUT2D eigenvalue weighted by Crippen LogP contribution is 2.17. The molecule has 3 heteroatoms. The predicted molar refractivity (Wildman–Crippen MR) is 63.0 cm³/mol. The Morgan fingerprint density at radius 1 is 1.20 bits per heavy atom. The first kappa shape index (κ1) is 14.3. The molecule has 0 bridgehead atoms. The van der Waals surface area contributed by atoms with Crippen LogP contribution < -0.4 is 5.32 Å². The fourth-order valence-electron chi connectivity index (χ4n) is 1.43. The van der Waals surface area contributed by atoms with E-state index in [-0.39, 0.29) is 11.6 Å². The van der Waals surface area contributed by atoms with Crippen molar-refractivity contribution in [2.75, 3.05) is 0 Å². The van der Waals surface area contributed by atoms with Gasteiger partial charge in [-0.2, -0.15) is 0 Å². The standard InChI is InChI=1S/C12H25NO2/c1-7-9-12(6,8-2)13-10(14)15-11(3,4)5/h7-9H2,1-6H3,(H,13,14)/t12-/m0/s1. The lowest BCUT2D eigenvalue weighted by Crippen LogP contribution is -2.47. The molecule has 3 nitrogen and oxygen atoms in total. The lowest BCUT2D eigenvalue weighted by atomic mass is 9.93. The Labute approximate surface area is 93.6 Å². The monoisotopic (exact) mass is 215 g/mol. The molecule has 0 unspecified atom stereocenters. The van der Waals surface area contributed by atoms with Gasteiger partial charge in [-0.1, -0.05) is 20.3 Å². The van der Waals surface area contributed by atoms with Crippen LogP contribution in [0.3, 0.4) is 0 Å². The van der Waals surface area contributed by atoms with Crippen LogP contribution >= 0.6 is 0 Å². The Bertz CT molecular complexity index is 208. The molecule has 0 radical (unpaired) electrons. The van der Waals surface area contributed by atoms with Crippen molar-refractivity contribution in [3.8, 4) is 0 Å². The highest BCUT2D eigenvalue weighted by atomic mass is 16.6. The molecule has 0 aromatic carbocycles. The van der Waals surface area contributed by atoms with Gasteiger partial charge in [-0.15, -0.1) is 0 Å². The van der Waals surface area contributed by atoms with E-state index in [0.717, 1.165) is 19.3 Å². The second kappa shape index (κ2) is 5.38. The van der Waals surface area contributed by atoms with E-state index < -0.39 is 5.60 Å². The zero-order valence-corrected chi connectivity index (χ0v) is 10.9. The average molecular weight is 215 g/mol. The number of ether oxygens (including phenoxy) is 1. The number of carbonyl (C=O) groups excluding carboxylic acids is 1. The fourth-order valence-corrected chi connectivity index (χ4v) is 1.43. The van der Waals surface area contributed by atoms with Gasteiger partial charge in [0.25, 0.3) is 0 Å². The van der Waals surface area contributed by atoms with Gasteiger partial charge in [0.2, 0.25) is 0 Å². The van der Waals surface area contributed by atoms with Gasteiger partial charge in [-0.25, -0.2) is 4.79 Å². The molecule has 0 heterocycles. The molecule has 1 N–H and O–H groups in total. The number of rotatable bonds is 4. The largest absolute Gasteiger partial charge is 0.444 e. The second-order valence-electron chi connectivity index (χ2n) is 5.29. The third-order valence-electron chi connectivity index (χ3n) is 2.38. The summed E-state index contributed by atoms with van der Waals surface area (Å²) in [4.78, 5) is 11.6. The van der Waals surface area contributed by atoms with Gasteiger partial charge in [-0.3, -0.25) is 0 Å². The summed E-state index contributed by atoms with van der Waals surface area (Å²) in [7, 11) is 0. The molecule has 0 aliphatic heterocycles. The van der Waals surface area contributed by atoms with Gasteiger partial charge in [0.1, 0.15) is 5.60 Å². The molecule has 0 aliphatic rings. The molecule has 0 rings (SSSR count). The van der Waals surface area contributed by atoms with Crippen molar-refractivity contribution in [2.45, 2.75) is 71.9 Å². The van der Waals surface area contributed by atoms with Crippen molar-refractivity contribution < 1.29 is 9.53 Å². The van der Waals surface area contributed by atoms with E-state index in [0.29, 0.717) is 0 Å². The highest BCUT2D eigenvalue weighted by molar-refractivity contribution is 5.68. The van der Waals surface area contributed by atoms with Crippen LogP contribution in [0.2, 0.25) is 0 Å². The molecule has 15 heavy (non-hydrogen) atoms. The minimum Gasteiger partial charge on any atom is -0.444 e. The smallest absolute Gasteiger partial charge is 0.408 e. The van der Waals surface area contributed by atoms with Crippen molar-refractivity contribution in [2.24, 2.45) is 0 Å². The van der Waals surface area contributed by atoms with E-state index in [9.17, 15) is 4.79 Å². The topological polar surface area (TPSA) is 38.3 Å². The van der Waals surface area contributed by atoms with Gasteiger partial charge < -0.3 is 10.1 Å². The minimum atomic E-state index is -0.426. The van der Waals surface area contributed by atoms with Crippen molar-refractivity contribution in [3.05, 3.63) is 0 Å². The number of carbonyl (C=O) groups is 1. The molecule has 0 aliphatic carbocycles. The summed E-state index contributed by atoms with van der Waals surface area (Å²) in [5, 5.41) is 2.94. The Morgan fingerprint density at radius 3 is 2.07 bits per heavy atom. The van der Waals surface area contributed by atoms with Crippen LogP contribution in [0.4, 0.5) is 4.79 Å². The van der Waals surface area contributed by atoms with E-state index in [1.165, 1.54) is 0 Å². The highest BCUT2D eigenvalue weighted by Gasteiger charge is 2.26. The van der Waals surface area contributed by atoms with Gasteiger partial charge in [-0.05, 0) is 40.5 Å². The maximum Gasteiger partial charge on any atom is 0.408 e. The van der Waals surface area contributed by atoms with Crippen LogP contribution in [0.25, 0.3) is 0 Å². The van der Waals surface area contributed by atoms with E-state index in [2.05, 4.69) is 26.1 Å². The predicted octanol–water partition coefficient (Wildman–Crippen LogP) is 3.48. The molecule has 1 amide bonds. The van der Waals surface area contributed by atoms with Crippen LogP contribution in [0.5, 0.6) is 0 Å². The second-order valence-corrected chi connectivity index (χ2v) is 5.29. The maximum absolute atomic E-state index is 11.6. The number of hydrogen-bond acceptors (Lipinski definition) is 2. The SMILES string of the molecule is CCC[C@](C)(CC)NC(=O)OC(C)(C)C. The molecule has 0 aromatic rings. The molecule has 0 aromatic heterocycles. The lowest BCUT2D eigenvalue weighted by Gasteiger charge is -2.30. The van der Waals surface area contributed by atoms with Crippen molar-refractivity contribution >= 4 is 6.09 Å². The summed E-state index contributed by atoms with van der Waals surface area (Å²) < 4.78 is 5.23. The Hall–Kier alpha value is -0.730. The Balaban J connectivity index is 4.24. The van der Waals surface area contributed by atoms with E-state index in [1.54, 1.807) is 0 Å². The van der Waals surface area contributed by atoms with E-state index in [4.69, 9.17) is 4.74 Å². The lowest BCUT2D eigenvalue weighted by molar-refractivity contribution is 0.0455. The minimum absolute atomic E-state index is 0.142. The zero-order chi connectivity index (χ0) is 12.1. The fraction of sp³-hybridized carbons (Fsp3) is 0.917. The summed E-state index contributed by atoms with van der Waals surface area (Å²) in [6, 6.07) is 0. The molecule has 0 fully saturated rings. The number of hydrogen-bond donors (Lipinski definition) is 1. The Kier molecular flexibility index (Phi) is 5.12. The first-order valence-electron chi connectivity index (χ1n) is 5.73. The van der Waals surface area contributed by atoms with Gasteiger partial charge in [0, 0.05) is 5.54 Å². The van der Waals surface area contributed by atoms with Crippen LogP contribution in [-0.2, 0) is 4.74 Å². The van der Waals surface area contributed by atoms with Gasteiger partial charge in [0.15, 0.2) is 0 Å². The number of amides is 1. The van der Waals surface area contributed by atoms with Crippen LogP contribution in [0.1, 0.15) is 60.8 Å². The van der Waals surface area contributed by atoms with Crippen molar-refractivity contribution in [1.82, 2.24) is 5.32 Å². The quantitative estimate of drug-likeness (QED) is 0.779. The Morgan fingerprint density at radius 2 is 1.73 bits per heavy atom. The third-order valence-corrected chi connectivity index (χ3v) is 2.38. The summed E-state index contributed by atoms with van der Waals surface area (Å²) in [5.41, 5.74) is -0.567. The number of nitrogens with one attached hydrogen (secondary N) is 1. The molecule has 90 valence electrons. The van der Waals surface area contributed by atoms with Gasteiger partial charge in [0.05, 0.1) is 0 Å². The zero-order valence-electron chi connectivity index (χ0n) is 10.9. The van der Waals surface area contributed by atoms with Crippen LogP contribution in [0.15, 0.2) is 0 Å². The summed E-state index contributed by atoms with van der Waals surface area (Å²) >= 11 is 0. The van der Waals surface area contributed by atoms with Crippen LogP contribution in [-0.4, -0.2) is 17.2 Å². The molecule has 0 saturated heterocycles.